The minimum atomic E-state index is -0.658. The fraction of sp³-hybridized carbons (Fsp3) is 0.385. The number of thioether (sulfide) groups is 1. The second-order valence-electron chi connectivity index (χ2n) is 8.65. The Labute approximate surface area is 199 Å². The highest BCUT2D eigenvalue weighted by atomic mass is 32.2. The Bertz CT molecular complexity index is 1210. The van der Waals surface area contributed by atoms with Crippen molar-refractivity contribution in [1.29, 1.82) is 0 Å². The Morgan fingerprint density at radius 1 is 1.06 bits per heavy atom. The quantitative estimate of drug-likeness (QED) is 0.337. The Morgan fingerprint density at radius 2 is 1.85 bits per heavy atom. The summed E-state index contributed by atoms with van der Waals surface area (Å²) in [5.41, 5.74) is 7.31. The average Bonchev–Trinajstić information content (AvgIpc) is 2.90. The van der Waals surface area contributed by atoms with Crippen LogP contribution in [-0.2, 0) is 4.79 Å². The third-order valence-electron chi connectivity index (χ3n) is 5.80. The van der Waals surface area contributed by atoms with Gasteiger partial charge in [0, 0.05) is 23.8 Å². The van der Waals surface area contributed by atoms with E-state index >= 15 is 0 Å². The van der Waals surface area contributed by atoms with Crippen molar-refractivity contribution in [2.45, 2.75) is 65.8 Å². The van der Waals surface area contributed by atoms with Gasteiger partial charge in [0.15, 0.2) is 5.69 Å². The zero-order valence-electron chi connectivity index (χ0n) is 20.1. The van der Waals surface area contributed by atoms with E-state index in [2.05, 4.69) is 41.4 Å². The smallest absolute Gasteiger partial charge is 0.247 e. The highest BCUT2D eigenvalue weighted by Crippen LogP contribution is 2.46. The van der Waals surface area contributed by atoms with Gasteiger partial charge in [0.1, 0.15) is 0 Å². The van der Waals surface area contributed by atoms with Crippen molar-refractivity contribution in [1.82, 2.24) is 15.2 Å². The van der Waals surface area contributed by atoms with Gasteiger partial charge >= 0.3 is 0 Å². The number of benzene rings is 2. The van der Waals surface area contributed by atoms with Crippen LogP contribution in [0.3, 0.4) is 0 Å². The first-order chi connectivity index (χ1) is 15.8. The number of amides is 1. The van der Waals surface area contributed by atoms with Crippen LogP contribution in [0, 0.1) is 27.7 Å². The zero-order chi connectivity index (χ0) is 23.7. The number of ether oxygens (including phenoxy) is 1. The first-order valence-corrected chi connectivity index (χ1v) is 12.3. The van der Waals surface area contributed by atoms with Crippen LogP contribution in [0.2, 0.25) is 0 Å². The van der Waals surface area contributed by atoms with Gasteiger partial charge in [-0.1, -0.05) is 60.5 Å². The Kier molecular flexibility index (Phi) is 6.70. The number of unbranched alkanes of at least 4 members (excludes halogenated alkanes) is 1. The van der Waals surface area contributed by atoms with Crippen LogP contribution in [-0.4, -0.2) is 26.8 Å². The maximum atomic E-state index is 13.1. The number of anilines is 1. The van der Waals surface area contributed by atoms with Crippen LogP contribution in [0.5, 0.6) is 5.88 Å². The molecule has 172 valence electrons. The van der Waals surface area contributed by atoms with Crippen molar-refractivity contribution in [3.8, 4) is 17.1 Å². The predicted octanol–water partition coefficient (Wildman–Crippen LogP) is 6.11. The summed E-state index contributed by atoms with van der Waals surface area (Å²) >= 11 is 1.58. The Morgan fingerprint density at radius 3 is 2.58 bits per heavy atom. The van der Waals surface area contributed by atoms with Crippen molar-refractivity contribution in [2.24, 2.45) is 0 Å². The summed E-state index contributed by atoms with van der Waals surface area (Å²) in [5.74, 6) is 1.23. The van der Waals surface area contributed by atoms with E-state index in [1.807, 2.05) is 33.8 Å². The molecule has 3 aromatic rings. The van der Waals surface area contributed by atoms with Crippen molar-refractivity contribution in [3.63, 3.8) is 0 Å². The highest BCUT2D eigenvalue weighted by Gasteiger charge is 2.36. The minimum absolute atomic E-state index is 0.104. The lowest BCUT2D eigenvalue weighted by molar-refractivity contribution is -0.118. The van der Waals surface area contributed by atoms with Crippen LogP contribution in [0.4, 0.5) is 5.69 Å². The summed E-state index contributed by atoms with van der Waals surface area (Å²) in [6.45, 7) is 11.9. The molecule has 0 fully saturated rings. The maximum absolute atomic E-state index is 13.1. The number of hydrogen-bond donors (Lipinski definition) is 0. The van der Waals surface area contributed by atoms with E-state index in [1.54, 1.807) is 23.6 Å². The van der Waals surface area contributed by atoms with Crippen LogP contribution in [0.15, 0.2) is 35.5 Å². The van der Waals surface area contributed by atoms with E-state index in [9.17, 15) is 4.79 Å². The van der Waals surface area contributed by atoms with Gasteiger partial charge in [-0.3, -0.25) is 9.69 Å². The molecule has 33 heavy (non-hydrogen) atoms. The maximum Gasteiger partial charge on any atom is 0.247 e. The van der Waals surface area contributed by atoms with Crippen LogP contribution in [0.1, 0.15) is 60.7 Å². The summed E-state index contributed by atoms with van der Waals surface area (Å²) in [6.07, 6.45) is 1.53. The van der Waals surface area contributed by atoms with Gasteiger partial charge in [-0.05, 0) is 51.3 Å². The minimum Gasteiger partial charge on any atom is -0.447 e. The number of rotatable bonds is 5. The van der Waals surface area contributed by atoms with Gasteiger partial charge in [-0.2, -0.15) is 4.98 Å². The molecule has 4 rings (SSSR count). The summed E-state index contributed by atoms with van der Waals surface area (Å²) in [5, 5.41) is 9.52. The molecule has 0 saturated heterocycles. The van der Waals surface area contributed by atoms with Gasteiger partial charge in [0.25, 0.3) is 0 Å². The monoisotopic (exact) mass is 462 g/mol. The van der Waals surface area contributed by atoms with E-state index in [0.717, 1.165) is 57.7 Å². The molecule has 2 aromatic carbocycles. The fourth-order valence-electron chi connectivity index (χ4n) is 4.20. The topological polar surface area (TPSA) is 68.2 Å². The number of nitrogens with zero attached hydrogens (tertiary/aromatic N) is 4. The molecular weight excluding hydrogens is 432 g/mol. The summed E-state index contributed by atoms with van der Waals surface area (Å²) in [4.78, 5) is 19.6. The molecule has 0 saturated carbocycles. The first-order valence-electron chi connectivity index (χ1n) is 11.3. The molecule has 0 radical (unpaired) electrons. The second kappa shape index (κ2) is 9.51. The Hall–Kier alpha value is -2.93. The number of carbonyl (C=O) groups excluding carboxylic acids is 1. The molecule has 1 aromatic heterocycles. The molecule has 0 spiro atoms. The number of fused-ring (bicyclic) bond motifs is 3. The van der Waals surface area contributed by atoms with E-state index in [4.69, 9.17) is 9.72 Å². The molecule has 1 atom stereocenters. The second-order valence-corrected chi connectivity index (χ2v) is 9.71. The van der Waals surface area contributed by atoms with Crippen molar-refractivity contribution in [3.05, 3.63) is 58.1 Å². The standard InChI is InChI=1S/C26H30N4O2S/c1-7-8-11-33-26-27-24-22(28-29-26)21-14-16(3)12-18(5)23(21)30(19(6)31)25(32-24)20-13-15(2)9-10-17(20)4/h9-10,12-14,25H,7-8,11H2,1-6H3/t25-/m0/s1. The molecular formula is C26H30N4O2S. The first kappa shape index (κ1) is 23.2. The lowest BCUT2D eigenvalue weighted by atomic mass is 9.99. The zero-order valence-corrected chi connectivity index (χ0v) is 20.9. The summed E-state index contributed by atoms with van der Waals surface area (Å²) in [6, 6.07) is 10.3. The van der Waals surface area contributed by atoms with Gasteiger partial charge < -0.3 is 4.74 Å². The number of carbonyl (C=O) groups is 1. The van der Waals surface area contributed by atoms with Gasteiger partial charge in [-0.25, -0.2) is 0 Å². The number of aryl methyl sites for hydroxylation is 4. The van der Waals surface area contributed by atoms with Crippen molar-refractivity contribution >= 4 is 23.4 Å². The third kappa shape index (κ3) is 4.60. The highest BCUT2D eigenvalue weighted by molar-refractivity contribution is 7.99. The average molecular weight is 463 g/mol. The Balaban J connectivity index is 1.96. The third-order valence-corrected chi connectivity index (χ3v) is 6.73. The summed E-state index contributed by atoms with van der Waals surface area (Å²) in [7, 11) is 0. The van der Waals surface area contributed by atoms with Crippen molar-refractivity contribution in [2.75, 3.05) is 10.7 Å². The molecule has 1 aliphatic rings. The SMILES string of the molecule is CCCCSc1nnc2c(n1)O[C@@H](c1cc(C)ccc1C)N(C(C)=O)c1c(C)cc(C)cc1-2. The van der Waals surface area contributed by atoms with E-state index < -0.39 is 6.23 Å². The van der Waals surface area contributed by atoms with E-state index in [-0.39, 0.29) is 5.91 Å². The predicted molar refractivity (Wildman–Crippen MR) is 133 cm³/mol. The molecule has 6 nitrogen and oxygen atoms in total. The fourth-order valence-corrected chi connectivity index (χ4v) is 5.07. The summed E-state index contributed by atoms with van der Waals surface area (Å²) < 4.78 is 6.56. The molecule has 0 aliphatic carbocycles. The molecule has 2 heterocycles. The molecule has 0 bridgehead atoms. The lowest BCUT2D eigenvalue weighted by Gasteiger charge is -2.32. The lowest BCUT2D eigenvalue weighted by Crippen LogP contribution is -2.37. The van der Waals surface area contributed by atoms with E-state index in [1.165, 1.54) is 0 Å². The van der Waals surface area contributed by atoms with Crippen molar-refractivity contribution < 1.29 is 9.53 Å². The molecule has 0 unspecified atom stereocenters. The number of aromatic nitrogens is 3. The van der Waals surface area contributed by atoms with Crippen LogP contribution in [0.25, 0.3) is 11.3 Å². The molecule has 1 aliphatic heterocycles. The van der Waals surface area contributed by atoms with E-state index in [0.29, 0.717) is 16.7 Å². The molecule has 1 amide bonds. The normalized spacial score (nSPS) is 14.8. The van der Waals surface area contributed by atoms with Gasteiger partial charge in [-0.15, -0.1) is 10.2 Å². The van der Waals surface area contributed by atoms with Crippen LogP contribution >= 0.6 is 11.8 Å². The molecule has 7 heteroatoms. The largest absolute Gasteiger partial charge is 0.447 e. The number of hydrogen-bond acceptors (Lipinski definition) is 6. The van der Waals surface area contributed by atoms with Crippen LogP contribution < -0.4 is 9.64 Å². The van der Waals surface area contributed by atoms with Gasteiger partial charge in [0.05, 0.1) is 5.69 Å². The van der Waals surface area contributed by atoms with Gasteiger partial charge in [0.2, 0.25) is 23.2 Å². The molecule has 0 N–H and O–H groups in total.